The lowest BCUT2D eigenvalue weighted by atomic mass is 10.3. The number of aromatic nitrogens is 1. The molecular weight excluding hydrogens is 183 g/mol. The van der Waals surface area contributed by atoms with Crippen LogP contribution in [-0.2, 0) is 0 Å². The Bertz CT molecular complexity index is 490. The summed E-state index contributed by atoms with van der Waals surface area (Å²) in [6, 6.07) is 4.48. The number of pyridine rings is 1. The normalized spacial score (nSPS) is 10.4. The summed E-state index contributed by atoms with van der Waals surface area (Å²) >= 11 is 0. The Kier molecular flexibility index (Phi) is 1.96. The molecule has 0 aliphatic carbocycles. The lowest BCUT2D eigenvalue weighted by Crippen LogP contribution is -2.16. The van der Waals surface area contributed by atoms with Crippen LogP contribution in [0.2, 0.25) is 0 Å². The van der Waals surface area contributed by atoms with Crippen molar-refractivity contribution in [2.45, 2.75) is 0 Å². The van der Waals surface area contributed by atoms with E-state index in [4.69, 9.17) is 0 Å². The second-order valence-electron chi connectivity index (χ2n) is 2.96. The number of nitrogens with zero attached hydrogens (tertiary/aromatic N) is 1. The van der Waals surface area contributed by atoms with E-state index in [1.54, 1.807) is 29.9 Å². The van der Waals surface area contributed by atoms with E-state index in [1.165, 1.54) is 12.1 Å². The van der Waals surface area contributed by atoms with Crippen LogP contribution in [0, 0.1) is 5.82 Å². The number of halogens is 1. The SMILES string of the molecule is CNC(=O)c1cc2c(F)cccn2c1. The molecule has 0 bridgehead atoms. The Morgan fingerprint density at radius 2 is 2.36 bits per heavy atom. The minimum absolute atomic E-state index is 0.215. The van der Waals surface area contributed by atoms with Gasteiger partial charge in [0.25, 0.3) is 5.91 Å². The molecule has 2 aromatic rings. The molecule has 0 aliphatic heterocycles. The molecule has 0 atom stereocenters. The van der Waals surface area contributed by atoms with Gasteiger partial charge in [0, 0.05) is 19.4 Å². The monoisotopic (exact) mass is 192 g/mol. The Labute approximate surface area is 80.2 Å². The lowest BCUT2D eigenvalue weighted by Gasteiger charge is -1.92. The van der Waals surface area contributed by atoms with Gasteiger partial charge < -0.3 is 9.72 Å². The first-order valence-electron chi connectivity index (χ1n) is 4.20. The molecule has 0 fully saturated rings. The molecule has 0 radical (unpaired) electrons. The predicted molar refractivity (Wildman–Crippen MR) is 50.7 cm³/mol. The fraction of sp³-hybridized carbons (Fsp3) is 0.100. The largest absolute Gasteiger partial charge is 0.355 e. The van der Waals surface area contributed by atoms with Gasteiger partial charge in [-0.3, -0.25) is 4.79 Å². The van der Waals surface area contributed by atoms with Crippen molar-refractivity contribution in [2.24, 2.45) is 0 Å². The highest BCUT2D eigenvalue weighted by Gasteiger charge is 2.08. The van der Waals surface area contributed by atoms with Gasteiger partial charge in [0.2, 0.25) is 0 Å². The summed E-state index contributed by atoms with van der Waals surface area (Å²) < 4.78 is 14.8. The van der Waals surface area contributed by atoms with Crippen LogP contribution in [-0.4, -0.2) is 17.4 Å². The quantitative estimate of drug-likeness (QED) is 0.728. The van der Waals surface area contributed by atoms with Crippen LogP contribution in [0.1, 0.15) is 10.4 Å². The van der Waals surface area contributed by atoms with Crippen molar-refractivity contribution >= 4 is 11.4 Å². The zero-order valence-electron chi connectivity index (χ0n) is 7.62. The molecule has 1 amide bonds. The number of amides is 1. The third-order valence-electron chi connectivity index (χ3n) is 2.07. The van der Waals surface area contributed by atoms with Gasteiger partial charge in [0.1, 0.15) is 5.82 Å². The number of fused-ring (bicyclic) bond motifs is 1. The number of carbonyl (C=O) groups excluding carboxylic acids is 1. The fourth-order valence-electron chi connectivity index (χ4n) is 1.37. The molecule has 14 heavy (non-hydrogen) atoms. The maximum Gasteiger partial charge on any atom is 0.252 e. The predicted octanol–water partition coefficient (Wildman–Crippen LogP) is 1.44. The van der Waals surface area contributed by atoms with Crippen LogP contribution in [0.3, 0.4) is 0 Å². The van der Waals surface area contributed by atoms with Gasteiger partial charge in [-0.05, 0) is 18.2 Å². The summed E-state index contributed by atoms with van der Waals surface area (Å²) in [5.41, 5.74) is 0.865. The Morgan fingerprint density at radius 3 is 3.00 bits per heavy atom. The van der Waals surface area contributed by atoms with E-state index in [0.29, 0.717) is 11.1 Å². The average Bonchev–Trinajstić information content (AvgIpc) is 2.62. The highest BCUT2D eigenvalue weighted by Crippen LogP contribution is 2.13. The molecule has 0 aromatic carbocycles. The Balaban J connectivity index is 2.62. The highest BCUT2D eigenvalue weighted by molar-refractivity contribution is 5.95. The van der Waals surface area contributed by atoms with Gasteiger partial charge in [-0.2, -0.15) is 0 Å². The summed E-state index contributed by atoms with van der Waals surface area (Å²) in [6.07, 6.45) is 3.29. The number of rotatable bonds is 1. The second-order valence-corrected chi connectivity index (χ2v) is 2.96. The van der Waals surface area contributed by atoms with E-state index in [-0.39, 0.29) is 11.7 Å². The van der Waals surface area contributed by atoms with E-state index in [9.17, 15) is 9.18 Å². The minimum atomic E-state index is -0.331. The zero-order valence-corrected chi connectivity index (χ0v) is 7.62. The summed E-state index contributed by atoms with van der Waals surface area (Å²) in [4.78, 5) is 11.2. The molecule has 0 unspecified atom stereocenters. The van der Waals surface area contributed by atoms with Crippen LogP contribution in [0.25, 0.3) is 5.52 Å². The van der Waals surface area contributed by atoms with Crippen molar-refractivity contribution < 1.29 is 9.18 Å². The molecule has 0 aliphatic rings. The van der Waals surface area contributed by atoms with Gasteiger partial charge in [0.15, 0.2) is 0 Å². The Morgan fingerprint density at radius 1 is 1.57 bits per heavy atom. The van der Waals surface area contributed by atoms with Crippen LogP contribution in [0.5, 0.6) is 0 Å². The van der Waals surface area contributed by atoms with Crippen molar-refractivity contribution in [1.82, 2.24) is 9.72 Å². The van der Waals surface area contributed by atoms with Gasteiger partial charge in [-0.15, -0.1) is 0 Å². The number of nitrogens with one attached hydrogen (secondary N) is 1. The van der Waals surface area contributed by atoms with E-state index in [2.05, 4.69) is 5.32 Å². The molecule has 72 valence electrons. The number of hydrogen-bond donors (Lipinski definition) is 1. The first-order chi connectivity index (χ1) is 6.72. The van der Waals surface area contributed by atoms with Crippen molar-refractivity contribution in [3.63, 3.8) is 0 Å². The molecule has 0 spiro atoms. The number of hydrogen-bond acceptors (Lipinski definition) is 1. The topological polar surface area (TPSA) is 33.5 Å². The summed E-state index contributed by atoms with van der Waals surface area (Å²) in [5, 5.41) is 2.49. The van der Waals surface area contributed by atoms with Crippen molar-refractivity contribution in [1.29, 1.82) is 0 Å². The zero-order chi connectivity index (χ0) is 10.1. The highest BCUT2D eigenvalue weighted by atomic mass is 19.1. The van der Waals surface area contributed by atoms with Gasteiger partial charge in [0.05, 0.1) is 11.1 Å². The van der Waals surface area contributed by atoms with Crippen molar-refractivity contribution in [3.05, 3.63) is 42.0 Å². The third kappa shape index (κ3) is 1.25. The molecule has 2 heterocycles. The summed E-state index contributed by atoms with van der Waals surface area (Å²) in [6.45, 7) is 0. The van der Waals surface area contributed by atoms with Crippen LogP contribution >= 0.6 is 0 Å². The third-order valence-corrected chi connectivity index (χ3v) is 2.07. The number of carbonyl (C=O) groups is 1. The van der Waals surface area contributed by atoms with E-state index >= 15 is 0 Å². The second kappa shape index (κ2) is 3.14. The Hall–Kier alpha value is -1.84. The molecule has 2 aromatic heterocycles. The van der Waals surface area contributed by atoms with Crippen molar-refractivity contribution in [3.8, 4) is 0 Å². The summed E-state index contributed by atoms with van der Waals surface area (Å²) in [7, 11) is 1.54. The molecule has 0 saturated carbocycles. The average molecular weight is 192 g/mol. The maximum atomic E-state index is 13.2. The molecule has 2 rings (SSSR count). The molecular formula is C10H9FN2O. The smallest absolute Gasteiger partial charge is 0.252 e. The van der Waals surface area contributed by atoms with Crippen LogP contribution in [0.4, 0.5) is 4.39 Å². The maximum absolute atomic E-state index is 13.2. The van der Waals surface area contributed by atoms with E-state index in [1.807, 2.05) is 0 Å². The molecule has 1 N–H and O–H groups in total. The van der Waals surface area contributed by atoms with Gasteiger partial charge >= 0.3 is 0 Å². The van der Waals surface area contributed by atoms with E-state index < -0.39 is 0 Å². The van der Waals surface area contributed by atoms with Crippen molar-refractivity contribution in [2.75, 3.05) is 7.05 Å². The first-order valence-corrected chi connectivity index (χ1v) is 4.20. The first kappa shape index (κ1) is 8.74. The van der Waals surface area contributed by atoms with Gasteiger partial charge in [-0.25, -0.2) is 4.39 Å². The molecule has 4 heteroatoms. The molecule has 0 saturated heterocycles. The lowest BCUT2D eigenvalue weighted by molar-refractivity contribution is 0.0963. The van der Waals surface area contributed by atoms with E-state index in [0.717, 1.165) is 0 Å². The molecule has 3 nitrogen and oxygen atoms in total. The van der Waals surface area contributed by atoms with Gasteiger partial charge in [-0.1, -0.05) is 0 Å². The van der Waals surface area contributed by atoms with Crippen LogP contribution in [0.15, 0.2) is 30.6 Å². The fourth-order valence-corrected chi connectivity index (χ4v) is 1.37. The van der Waals surface area contributed by atoms with Crippen LogP contribution < -0.4 is 5.32 Å². The summed E-state index contributed by atoms with van der Waals surface area (Å²) in [5.74, 6) is -0.546. The minimum Gasteiger partial charge on any atom is -0.355 e. The standard InChI is InChI=1S/C10H9FN2O/c1-12-10(14)7-5-9-8(11)3-2-4-13(9)6-7/h2-6H,1H3,(H,12,14).